The van der Waals surface area contributed by atoms with Crippen LogP contribution in [0.25, 0.3) is 66.8 Å². The molecule has 6 heteroatoms. The Bertz CT molecular complexity index is 3150. The summed E-state index contributed by atoms with van der Waals surface area (Å²) in [5.74, 6) is -0.278. The Morgan fingerprint density at radius 2 is 1.22 bits per heavy atom. The van der Waals surface area contributed by atoms with E-state index in [0.717, 1.165) is 33.3 Å². The maximum absolute atomic E-state index is 12.8. The summed E-state index contributed by atoms with van der Waals surface area (Å²) in [6.07, 6.45) is 4.93. The van der Waals surface area contributed by atoms with Gasteiger partial charge in [-0.2, -0.15) is 0 Å². The molecule has 0 fully saturated rings. The van der Waals surface area contributed by atoms with Crippen LogP contribution in [-0.2, 0) is 41.8 Å². The van der Waals surface area contributed by atoms with Crippen LogP contribution >= 0.6 is 0 Å². The minimum absolute atomic E-state index is 0. The van der Waals surface area contributed by atoms with Gasteiger partial charge in [-0.05, 0) is 103 Å². The predicted molar refractivity (Wildman–Crippen MR) is 257 cm³/mol. The fourth-order valence-electron chi connectivity index (χ4n) is 7.14. The monoisotopic (exact) mass is 1020 g/mol. The molecular weight excluding hydrogens is 954 g/mol. The Balaban J connectivity index is 0.000000376. The van der Waals surface area contributed by atoms with Crippen LogP contribution in [0.3, 0.4) is 0 Å². The van der Waals surface area contributed by atoms with Crippen molar-refractivity contribution < 1.29 is 38.5 Å². The van der Waals surface area contributed by atoms with Gasteiger partial charge in [0.15, 0.2) is 0 Å². The van der Waals surface area contributed by atoms with Crippen molar-refractivity contribution in [3.63, 3.8) is 0 Å². The summed E-state index contributed by atoms with van der Waals surface area (Å²) in [6.45, 7) is 20.2. The molecule has 0 unspecified atom stereocenters. The Morgan fingerprint density at radius 1 is 0.571 bits per heavy atom. The Hall–Kier alpha value is -5.29. The molecule has 0 amide bonds. The van der Waals surface area contributed by atoms with Crippen molar-refractivity contribution >= 4 is 21.9 Å². The Morgan fingerprint density at radius 3 is 1.81 bits per heavy atom. The summed E-state index contributed by atoms with van der Waals surface area (Å²) in [5, 5.41) is 1.58. The Kier molecular flexibility index (Phi) is 10.7. The third-order valence-electron chi connectivity index (χ3n) is 11.2. The van der Waals surface area contributed by atoms with Crippen LogP contribution in [0.5, 0.6) is 0 Å². The summed E-state index contributed by atoms with van der Waals surface area (Å²) in [6, 6.07) is 31.4. The quantitative estimate of drug-likeness (QED) is 0.165. The van der Waals surface area contributed by atoms with E-state index in [-0.39, 0.29) is 70.5 Å². The second-order valence-electron chi connectivity index (χ2n) is 20.2. The molecule has 4 nitrogen and oxygen atoms in total. The van der Waals surface area contributed by atoms with Crippen molar-refractivity contribution in [2.75, 3.05) is 0 Å². The zero-order valence-electron chi connectivity index (χ0n) is 45.3. The van der Waals surface area contributed by atoms with Crippen LogP contribution in [0.2, 0.25) is 0 Å². The van der Waals surface area contributed by atoms with E-state index in [1.54, 1.807) is 30.3 Å². The standard InChI is InChI=1S/C42H45N2O.C15H15FN.Ir/c1-25-17-28(40(3,4)5)15-16-31(25)34-21-37(43-23-26(34)2)33-14-12-13-32-35-24-44-36(22-38(35)45-39(32)33)27-18-29(41(6,7)8)20-30(19-27)42(9,10)11;1-15(2,3)12-6-9-14(17-10-12)11-4-7-13(16)8-5-11;/h12-13,15-24H,1-11H3;4,6-10H,1-3H3;/q2*-1;/i1D3,2D3,16D;;. The van der Waals surface area contributed by atoms with E-state index in [1.807, 2.05) is 51.4 Å². The first-order chi connectivity index (χ1) is 31.8. The van der Waals surface area contributed by atoms with E-state index in [1.165, 1.54) is 35.0 Å². The number of aryl methyl sites for hydroxylation is 2. The van der Waals surface area contributed by atoms with Gasteiger partial charge >= 0.3 is 0 Å². The van der Waals surface area contributed by atoms with E-state index in [9.17, 15) is 4.39 Å². The molecule has 4 aromatic heterocycles. The molecule has 0 aliphatic heterocycles. The number of aromatic nitrogens is 3. The van der Waals surface area contributed by atoms with Gasteiger partial charge in [0, 0.05) is 69.8 Å². The SMILES string of the molecule is CC(C)(C)c1ccc(-c2[c-]cc(F)cc2)nc1.[2H]c1cc(C(C)(C)C)cc(C([2H])([2H])[2H])c1-c1cc(-c2[c-]ccc3c2oc2cc(-c4cc(C(C)(C)C)cc(C(C)(C)C)c4)ncc23)ncc1C([2H])([2H])[2H].[Ir]. The second-order valence-corrected chi connectivity index (χ2v) is 20.2. The fraction of sp³-hybridized carbons (Fsp3) is 0.316. The molecule has 4 heterocycles. The molecule has 63 heavy (non-hydrogen) atoms. The molecule has 0 atom stereocenters. The number of halogens is 1. The maximum atomic E-state index is 12.8. The molecular formula is C57H60FIrN3O-2. The van der Waals surface area contributed by atoms with Gasteiger partial charge in [-0.3, -0.25) is 9.37 Å². The molecule has 0 N–H and O–H groups in total. The molecule has 0 aliphatic carbocycles. The minimum atomic E-state index is -2.63. The molecule has 0 aliphatic rings. The van der Waals surface area contributed by atoms with Crippen molar-refractivity contribution in [2.24, 2.45) is 0 Å². The molecule has 0 saturated heterocycles. The largest absolute Gasteiger partial charge is 0.500 e. The first-order valence-electron chi connectivity index (χ1n) is 24.5. The number of benzene rings is 4. The number of pyridine rings is 3. The number of rotatable bonds is 4. The van der Waals surface area contributed by atoms with E-state index in [2.05, 4.69) is 109 Å². The van der Waals surface area contributed by atoms with Crippen LogP contribution in [0.15, 0.2) is 114 Å². The van der Waals surface area contributed by atoms with Crippen molar-refractivity contribution in [3.05, 3.63) is 161 Å². The van der Waals surface area contributed by atoms with E-state index in [4.69, 9.17) is 19.0 Å². The molecule has 0 spiro atoms. The molecule has 327 valence electrons. The summed E-state index contributed by atoms with van der Waals surface area (Å²) >= 11 is 0. The van der Waals surface area contributed by atoms with Gasteiger partial charge in [-0.1, -0.05) is 136 Å². The van der Waals surface area contributed by atoms with Crippen molar-refractivity contribution in [3.8, 4) is 44.9 Å². The van der Waals surface area contributed by atoms with E-state index >= 15 is 0 Å². The van der Waals surface area contributed by atoms with E-state index in [0.29, 0.717) is 28.0 Å². The third kappa shape index (κ3) is 10.4. The van der Waals surface area contributed by atoms with Gasteiger partial charge in [0.05, 0.1) is 12.6 Å². The predicted octanol–water partition coefficient (Wildman–Crippen LogP) is 15.7. The summed E-state index contributed by atoms with van der Waals surface area (Å²) in [5.41, 5.74) is 9.06. The van der Waals surface area contributed by atoms with E-state index < -0.39 is 19.1 Å². The van der Waals surface area contributed by atoms with Crippen LogP contribution in [-0.4, -0.2) is 15.0 Å². The number of hydrogen-bond donors (Lipinski definition) is 0. The van der Waals surface area contributed by atoms with Crippen molar-refractivity contribution in [1.82, 2.24) is 15.0 Å². The van der Waals surface area contributed by atoms with Crippen LogP contribution in [0, 0.1) is 31.7 Å². The zero-order valence-corrected chi connectivity index (χ0v) is 40.7. The molecule has 0 bridgehead atoms. The fourth-order valence-corrected chi connectivity index (χ4v) is 7.14. The zero-order chi connectivity index (χ0) is 50.8. The normalized spacial score (nSPS) is 14.3. The molecule has 8 aromatic rings. The number of fused-ring (bicyclic) bond motifs is 3. The third-order valence-corrected chi connectivity index (χ3v) is 11.2. The molecule has 8 rings (SSSR count). The maximum Gasteiger partial charge on any atom is 0.124 e. The van der Waals surface area contributed by atoms with Gasteiger partial charge in [0.1, 0.15) is 5.58 Å². The average Bonchev–Trinajstić information content (AvgIpc) is 3.63. The van der Waals surface area contributed by atoms with Gasteiger partial charge in [-0.15, -0.1) is 48.0 Å². The van der Waals surface area contributed by atoms with Crippen LogP contribution < -0.4 is 0 Å². The molecule has 1 radical (unpaired) electrons. The summed E-state index contributed by atoms with van der Waals surface area (Å²) in [7, 11) is 0. The Labute approximate surface area is 398 Å². The van der Waals surface area contributed by atoms with Gasteiger partial charge in [0.2, 0.25) is 0 Å². The van der Waals surface area contributed by atoms with Gasteiger partial charge < -0.3 is 14.4 Å². The van der Waals surface area contributed by atoms with Crippen molar-refractivity contribution in [2.45, 2.75) is 118 Å². The second kappa shape index (κ2) is 17.7. The smallest absolute Gasteiger partial charge is 0.124 e. The first-order valence-corrected chi connectivity index (χ1v) is 21.0. The summed E-state index contributed by atoms with van der Waals surface area (Å²) < 4.78 is 78.5. The van der Waals surface area contributed by atoms with Crippen LogP contribution in [0.4, 0.5) is 4.39 Å². The molecule has 4 aromatic carbocycles. The molecule has 0 saturated carbocycles. The number of hydrogen-bond acceptors (Lipinski definition) is 4. The topological polar surface area (TPSA) is 51.8 Å². The van der Waals surface area contributed by atoms with Crippen LogP contribution in [0.1, 0.15) is 126 Å². The van der Waals surface area contributed by atoms with Gasteiger partial charge in [-0.25, -0.2) is 0 Å². The number of nitrogens with zero attached hydrogens (tertiary/aromatic N) is 3. The first kappa shape index (κ1) is 38.2. The number of furan rings is 1. The minimum Gasteiger partial charge on any atom is -0.500 e. The average molecular weight is 1020 g/mol. The van der Waals surface area contributed by atoms with Crippen molar-refractivity contribution in [1.29, 1.82) is 0 Å². The van der Waals surface area contributed by atoms with Gasteiger partial charge in [0.25, 0.3) is 0 Å². The summed E-state index contributed by atoms with van der Waals surface area (Å²) in [4.78, 5) is 13.8.